The fraction of sp³-hybridized carbons (Fsp3) is 0.267. The quantitative estimate of drug-likeness (QED) is 0.768. The van der Waals surface area contributed by atoms with Crippen molar-refractivity contribution in [2.24, 2.45) is 0 Å². The number of alkyl halides is 3. The molecule has 0 aliphatic rings. The summed E-state index contributed by atoms with van der Waals surface area (Å²) in [5, 5.41) is 0.837. The number of pyridine rings is 1. The standard InChI is InChI=1S/C15H14F3N/c1-9(2)13-6-11-4-5-12(7-15(16,17)18)10(3)14(11)19-8-13/h4-6,8H,1,7H2,2-3H3. The highest BCUT2D eigenvalue weighted by molar-refractivity contribution is 5.85. The lowest BCUT2D eigenvalue weighted by Gasteiger charge is -2.12. The van der Waals surface area contributed by atoms with Crippen LogP contribution in [-0.2, 0) is 6.42 Å². The van der Waals surface area contributed by atoms with Gasteiger partial charge in [-0.05, 0) is 42.2 Å². The molecule has 4 heteroatoms. The second-order valence-corrected chi connectivity index (χ2v) is 4.72. The van der Waals surface area contributed by atoms with Gasteiger partial charge in [-0.3, -0.25) is 4.98 Å². The first-order chi connectivity index (χ1) is 8.78. The average molecular weight is 265 g/mol. The number of hydrogen-bond acceptors (Lipinski definition) is 1. The number of aromatic nitrogens is 1. The summed E-state index contributed by atoms with van der Waals surface area (Å²) in [5.74, 6) is 0. The third kappa shape index (κ3) is 2.95. The molecule has 2 rings (SSSR count). The molecule has 1 nitrogen and oxygen atoms in total. The van der Waals surface area contributed by atoms with Crippen molar-refractivity contribution in [3.05, 3.63) is 47.7 Å². The highest BCUT2D eigenvalue weighted by Gasteiger charge is 2.28. The molecule has 0 saturated carbocycles. The predicted octanol–water partition coefficient (Wildman–Crippen LogP) is 4.68. The first kappa shape index (κ1) is 13.6. The van der Waals surface area contributed by atoms with E-state index in [0.29, 0.717) is 11.1 Å². The summed E-state index contributed by atoms with van der Waals surface area (Å²) in [6.45, 7) is 7.38. The van der Waals surface area contributed by atoms with E-state index >= 15 is 0 Å². The van der Waals surface area contributed by atoms with E-state index in [-0.39, 0.29) is 5.56 Å². The molecule has 0 saturated heterocycles. The minimum Gasteiger partial charge on any atom is -0.255 e. The van der Waals surface area contributed by atoms with Gasteiger partial charge in [-0.15, -0.1) is 0 Å². The van der Waals surface area contributed by atoms with Gasteiger partial charge in [0.1, 0.15) is 0 Å². The minimum absolute atomic E-state index is 0.274. The van der Waals surface area contributed by atoms with Crippen LogP contribution >= 0.6 is 0 Å². The zero-order valence-corrected chi connectivity index (χ0v) is 10.8. The molecule has 0 fully saturated rings. The van der Waals surface area contributed by atoms with Gasteiger partial charge in [-0.1, -0.05) is 18.7 Å². The largest absolute Gasteiger partial charge is 0.393 e. The molecule has 0 atom stereocenters. The second kappa shape index (κ2) is 4.68. The SMILES string of the molecule is C=C(C)c1cnc2c(C)c(CC(F)(F)F)ccc2c1. The van der Waals surface area contributed by atoms with Crippen LogP contribution in [0.3, 0.4) is 0 Å². The van der Waals surface area contributed by atoms with Gasteiger partial charge in [0.05, 0.1) is 11.9 Å². The van der Waals surface area contributed by atoms with Crippen molar-refractivity contribution in [2.45, 2.75) is 26.4 Å². The van der Waals surface area contributed by atoms with Gasteiger partial charge in [-0.25, -0.2) is 0 Å². The smallest absolute Gasteiger partial charge is 0.255 e. The first-order valence-corrected chi connectivity index (χ1v) is 5.89. The maximum Gasteiger partial charge on any atom is 0.393 e. The first-order valence-electron chi connectivity index (χ1n) is 5.89. The van der Waals surface area contributed by atoms with Crippen LogP contribution in [0, 0.1) is 6.92 Å². The van der Waals surface area contributed by atoms with Crippen molar-refractivity contribution < 1.29 is 13.2 Å². The highest BCUT2D eigenvalue weighted by Crippen LogP contribution is 2.28. The van der Waals surface area contributed by atoms with Gasteiger partial charge in [0, 0.05) is 11.6 Å². The summed E-state index contributed by atoms with van der Waals surface area (Å²) < 4.78 is 37.4. The van der Waals surface area contributed by atoms with Gasteiger partial charge in [-0.2, -0.15) is 13.2 Å². The van der Waals surface area contributed by atoms with E-state index < -0.39 is 12.6 Å². The predicted molar refractivity (Wildman–Crippen MR) is 70.9 cm³/mol. The Labute approximate surface area is 109 Å². The summed E-state index contributed by atoms with van der Waals surface area (Å²) in [6.07, 6.45) is -3.47. The van der Waals surface area contributed by atoms with Gasteiger partial charge in [0.15, 0.2) is 0 Å². The summed E-state index contributed by atoms with van der Waals surface area (Å²) >= 11 is 0. The molecule has 0 spiro atoms. The van der Waals surface area contributed by atoms with E-state index in [4.69, 9.17) is 0 Å². The van der Waals surface area contributed by atoms with E-state index in [1.807, 2.05) is 13.0 Å². The van der Waals surface area contributed by atoms with Crippen molar-refractivity contribution >= 4 is 16.5 Å². The molecule has 0 radical (unpaired) electrons. The summed E-state index contributed by atoms with van der Waals surface area (Å²) in [7, 11) is 0. The number of allylic oxidation sites excluding steroid dienone is 1. The van der Waals surface area contributed by atoms with E-state index in [0.717, 1.165) is 16.5 Å². The Morgan fingerprint density at radius 2 is 2.00 bits per heavy atom. The Balaban J connectivity index is 2.54. The molecule has 1 aromatic heterocycles. The lowest BCUT2D eigenvalue weighted by atomic mass is 10.00. The average Bonchev–Trinajstić information content (AvgIpc) is 2.31. The Morgan fingerprint density at radius 3 is 2.58 bits per heavy atom. The third-order valence-corrected chi connectivity index (χ3v) is 3.10. The molecular weight excluding hydrogens is 251 g/mol. The van der Waals surface area contributed by atoms with E-state index in [9.17, 15) is 13.2 Å². The van der Waals surface area contributed by atoms with Crippen LogP contribution in [-0.4, -0.2) is 11.2 Å². The number of halogens is 3. The maximum absolute atomic E-state index is 12.5. The van der Waals surface area contributed by atoms with Gasteiger partial charge < -0.3 is 0 Å². The van der Waals surface area contributed by atoms with E-state index in [1.54, 1.807) is 19.2 Å². The van der Waals surface area contributed by atoms with Crippen LogP contribution in [0.4, 0.5) is 13.2 Å². The maximum atomic E-state index is 12.5. The zero-order valence-electron chi connectivity index (χ0n) is 10.8. The van der Waals surface area contributed by atoms with E-state index in [1.165, 1.54) is 6.07 Å². The number of nitrogens with zero attached hydrogens (tertiary/aromatic N) is 1. The van der Waals surface area contributed by atoms with Gasteiger partial charge in [0.25, 0.3) is 0 Å². The Hall–Kier alpha value is -1.84. The monoisotopic (exact) mass is 265 g/mol. The molecular formula is C15H14F3N. The topological polar surface area (TPSA) is 12.9 Å². The fourth-order valence-corrected chi connectivity index (χ4v) is 2.03. The molecule has 0 aliphatic heterocycles. The van der Waals surface area contributed by atoms with Crippen molar-refractivity contribution in [2.75, 3.05) is 0 Å². The number of aryl methyl sites for hydroxylation is 1. The summed E-state index contributed by atoms with van der Waals surface area (Å²) in [6, 6.07) is 5.10. The number of fused-ring (bicyclic) bond motifs is 1. The van der Waals surface area contributed by atoms with Crippen LogP contribution in [0.15, 0.2) is 31.0 Å². The van der Waals surface area contributed by atoms with Gasteiger partial charge >= 0.3 is 6.18 Å². The molecule has 2 aromatic rings. The molecule has 1 aromatic carbocycles. The van der Waals surface area contributed by atoms with Gasteiger partial charge in [0.2, 0.25) is 0 Å². The third-order valence-electron chi connectivity index (χ3n) is 3.10. The summed E-state index contributed by atoms with van der Waals surface area (Å²) in [4.78, 5) is 4.26. The van der Waals surface area contributed by atoms with Crippen molar-refractivity contribution in [1.82, 2.24) is 4.98 Å². The lowest BCUT2D eigenvalue weighted by molar-refractivity contribution is -0.127. The Kier molecular flexibility index (Phi) is 3.35. The zero-order chi connectivity index (χ0) is 14.2. The second-order valence-electron chi connectivity index (χ2n) is 4.72. The summed E-state index contributed by atoms with van der Waals surface area (Å²) in [5.41, 5.74) is 3.26. The Bertz CT molecular complexity index is 642. The fourth-order valence-electron chi connectivity index (χ4n) is 2.03. The van der Waals surface area contributed by atoms with Crippen molar-refractivity contribution in [3.63, 3.8) is 0 Å². The molecule has 0 N–H and O–H groups in total. The molecule has 19 heavy (non-hydrogen) atoms. The molecule has 0 aliphatic carbocycles. The molecule has 0 unspecified atom stereocenters. The van der Waals surface area contributed by atoms with Crippen molar-refractivity contribution in [3.8, 4) is 0 Å². The molecule has 0 amide bonds. The minimum atomic E-state index is -4.20. The Morgan fingerprint density at radius 1 is 1.32 bits per heavy atom. The van der Waals surface area contributed by atoms with Crippen LogP contribution in [0.1, 0.15) is 23.6 Å². The van der Waals surface area contributed by atoms with Crippen LogP contribution in [0.2, 0.25) is 0 Å². The number of rotatable bonds is 2. The van der Waals surface area contributed by atoms with E-state index in [2.05, 4.69) is 11.6 Å². The van der Waals surface area contributed by atoms with Crippen LogP contribution in [0.25, 0.3) is 16.5 Å². The molecule has 100 valence electrons. The highest BCUT2D eigenvalue weighted by atomic mass is 19.4. The molecule has 0 bridgehead atoms. The van der Waals surface area contributed by atoms with Crippen LogP contribution < -0.4 is 0 Å². The normalized spacial score (nSPS) is 11.8. The number of benzene rings is 1. The lowest BCUT2D eigenvalue weighted by Crippen LogP contribution is -2.12. The van der Waals surface area contributed by atoms with Crippen molar-refractivity contribution in [1.29, 1.82) is 0 Å². The van der Waals surface area contributed by atoms with Crippen LogP contribution in [0.5, 0.6) is 0 Å². The number of hydrogen-bond donors (Lipinski definition) is 0. The molecule has 1 heterocycles.